The van der Waals surface area contributed by atoms with Crippen LogP contribution in [0.3, 0.4) is 0 Å². The van der Waals surface area contributed by atoms with Gasteiger partial charge in [-0.3, -0.25) is 4.98 Å². The summed E-state index contributed by atoms with van der Waals surface area (Å²) in [5, 5.41) is 11.1. The number of aromatic nitrogens is 2. The van der Waals surface area contributed by atoms with Gasteiger partial charge in [0.15, 0.2) is 5.88 Å². The van der Waals surface area contributed by atoms with Crippen molar-refractivity contribution >= 4 is 17.9 Å². The van der Waals surface area contributed by atoms with Gasteiger partial charge in [-0.05, 0) is 39.3 Å². The SMILES string of the molecule is C=Cc1cc(C(C=N)=CN)cnc1-c1ccc(OC2CC(C)NC(C)(C)C2)[nH]1. The predicted octanol–water partition coefficient (Wildman–Crippen LogP) is 3.97. The minimum Gasteiger partial charge on any atom is -0.476 e. The molecule has 28 heavy (non-hydrogen) atoms. The van der Waals surface area contributed by atoms with Gasteiger partial charge in [-0.2, -0.15) is 0 Å². The van der Waals surface area contributed by atoms with Gasteiger partial charge in [0, 0.05) is 59.4 Å². The summed E-state index contributed by atoms with van der Waals surface area (Å²) >= 11 is 0. The topological polar surface area (TPSA) is 99.8 Å². The van der Waals surface area contributed by atoms with E-state index in [1.165, 1.54) is 12.4 Å². The summed E-state index contributed by atoms with van der Waals surface area (Å²) in [7, 11) is 0. The first-order chi connectivity index (χ1) is 13.3. The summed E-state index contributed by atoms with van der Waals surface area (Å²) in [6.07, 6.45) is 8.17. The van der Waals surface area contributed by atoms with Crippen LogP contribution in [0.4, 0.5) is 0 Å². The molecule has 0 saturated carbocycles. The number of H-pyrrole nitrogens is 1. The van der Waals surface area contributed by atoms with Crippen LogP contribution in [0.15, 0.2) is 37.2 Å². The Kier molecular flexibility index (Phi) is 5.70. The molecule has 1 aliphatic heterocycles. The fourth-order valence-corrected chi connectivity index (χ4v) is 3.93. The second kappa shape index (κ2) is 8.02. The number of hydrogen-bond acceptors (Lipinski definition) is 5. The van der Waals surface area contributed by atoms with Crippen molar-refractivity contribution in [2.75, 3.05) is 0 Å². The van der Waals surface area contributed by atoms with Gasteiger partial charge in [-0.15, -0.1) is 0 Å². The minimum absolute atomic E-state index is 0.0637. The predicted molar refractivity (Wildman–Crippen MR) is 115 cm³/mol. The maximum absolute atomic E-state index is 7.46. The van der Waals surface area contributed by atoms with Crippen LogP contribution in [0.1, 0.15) is 44.7 Å². The molecular formula is C22H29N5O. The Balaban J connectivity index is 1.82. The van der Waals surface area contributed by atoms with Crippen molar-refractivity contribution in [3.8, 4) is 17.3 Å². The molecule has 0 amide bonds. The smallest absolute Gasteiger partial charge is 0.191 e. The molecule has 0 radical (unpaired) electrons. The van der Waals surface area contributed by atoms with Crippen molar-refractivity contribution in [2.24, 2.45) is 5.73 Å². The Morgan fingerprint density at radius 2 is 2.21 bits per heavy atom. The van der Waals surface area contributed by atoms with E-state index in [-0.39, 0.29) is 11.6 Å². The van der Waals surface area contributed by atoms with Crippen LogP contribution in [0.2, 0.25) is 0 Å². The molecule has 148 valence electrons. The molecule has 2 unspecified atom stereocenters. The molecule has 5 N–H and O–H groups in total. The lowest BCUT2D eigenvalue weighted by atomic mass is 9.87. The Labute approximate surface area is 166 Å². The van der Waals surface area contributed by atoms with Crippen LogP contribution >= 0.6 is 0 Å². The van der Waals surface area contributed by atoms with Gasteiger partial charge < -0.3 is 26.2 Å². The third-order valence-corrected chi connectivity index (χ3v) is 5.01. The molecule has 1 saturated heterocycles. The first-order valence-electron chi connectivity index (χ1n) is 9.54. The highest BCUT2D eigenvalue weighted by molar-refractivity contribution is 6.08. The number of nitrogens with two attached hydrogens (primary N) is 1. The van der Waals surface area contributed by atoms with E-state index in [1.54, 1.807) is 12.3 Å². The van der Waals surface area contributed by atoms with Crippen LogP contribution in [0.25, 0.3) is 23.0 Å². The highest BCUT2D eigenvalue weighted by atomic mass is 16.5. The van der Waals surface area contributed by atoms with E-state index in [0.29, 0.717) is 11.6 Å². The zero-order chi connectivity index (χ0) is 20.3. The fraction of sp³-hybridized carbons (Fsp3) is 0.364. The Bertz CT molecular complexity index is 896. The van der Waals surface area contributed by atoms with Gasteiger partial charge in [0.05, 0.1) is 11.4 Å². The van der Waals surface area contributed by atoms with Crippen LogP contribution < -0.4 is 15.8 Å². The van der Waals surface area contributed by atoms with Crippen molar-refractivity contribution in [1.29, 1.82) is 5.41 Å². The molecule has 3 rings (SSSR count). The highest BCUT2D eigenvalue weighted by Gasteiger charge is 2.32. The molecule has 0 aromatic carbocycles. The Hall–Kier alpha value is -2.86. The van der Waals surface area contributed by atoms with Crippen LogP contribution in [0, 0.1) is 5.41 Å². The van der Waals surface area contributed by atoms with Crippen molar-refractivity contribution in [3.63, 3.8) is 0 Å². The molecule has 2 aromatic rings. The summed E-state index contributed by atoms with van der Waals surface area (Å²) < 4.78 is 6.23. The summed E-state index contributed by atoms with van der Waals surface area (Å²) in [5.41, 5.74) is 9.56. The van der Waals surface area contributed by atoms with Crippen molar-refractivity contribution in [2.45, 2.75) is 51.3 Å². The molecule has 0 aliphatic carbocycles. The molecule has 1 aliphatic rings. The lowest BCUT2D eigenvalue weighted by Crippen LogP contribution is -2.53. The third-order valence-electron chi connectivity index (χ3n) is 5.01. The Morgan fingerprint density at radius 3 is 2.86 bits per heavy atom. The van der Waals surface area contributed by atoms with E-state index in [0.717, 1.165) is 41.2 Å². The van der Waals surface area contributed by atoms with Gasteiger partial charge in [-0.1, -0.05) is 12.7 Å². The average molecular weight is 380 g/mol. The van der Waals surface area contributed by atoms with Gasteiger partial charge in [0.1, 0.15) is 6.10 Å². The maximum Gasteiger partial charge on any atom is 0.191 e. The lowest BCUT2D eigenvalue weighted by Gasteiger charge is -2.40. The molecule has 2 atom stereocenters. The van der Waals surface area contributed by atoms with E-state index < -0.39 is 0 Å². The number of ether oxygens (including phenoxy) is 1. The van der Waals surface area contributed by atoms with E-state index in [9.17, 15) is 0 Å². The lowest BCUT2D eigenvalue weighted by molar-refractivity contribution is 0.0868. The van der Waals surface area contributed by atoms with Crippen molar-refractivity contribution in [3.05, 3.63) is 48.3 Å². The summed E-state index contributed by atoms with van der Waals surface area (Å²) in [4.78, 5) is 7.90. The molecule has 0 spiro atoms. The summed E-state index contributed by atoms with van der Waals surface area (Å²) in [6.45, 7) is 10.5. The fourth-order valence-electron chi connectivity index (χ4n) is 3.93. The van der Waals surface area contributed by atoms with Gasteiger partial charge in [-0.25, -0.2) is 0 Å². The first kappa shape index (κ1) is 19.9. The normalized spacial score (nSPS) is 21.9. The van der Waals surface area contributed by atoms with Crippen molar-refractivity contribution < 1.29 is 4.74 Å². The number of rotatable bonds is 6. The molecular weight excluding hydrogens is 350 g/mol. The number of piperidine rings is 1. The van der Waals surface area contributed by atoms with E-state index in [4.69, 9.17) is 15.9 Å². The summed E-state index contributed by atoms with van der Waals surface area (Å²) in [5.74, 6) is 0.743. The maximum atomic E-state index is 7.46. The molecule has 6 nitrogen and oxygen atoms in total. The number of pyridine rings is 1. The van der Waals surface area contributed by atoms with Gasteiger partial charge in [0.2, 0.25) is 0 Å². The third kappa shape index (κ3) is 4.34. The highest BCUT2D eigenvalue weighted by Crippen LogP contribution is 2.29. The largest absolute Gasteiger partial charge is 0.476 e. The van der Waals surface area contributed by atoms with Crippen LogP contribution in [-0.4, -0.2) is 33.9 Å². The van der Waals surface area contributed by atoms with E-state index in [2.05, 4.69) is 42.6 Å². The number of nitrogens with one attached hydrogen (secondary N) is 3. The van der Waals surface area contributed by atoms with Crippen LogP contribution in [0.5, 0.6) is 5.88 Å². The minimum atomic E-state index is 0.0637. The number of hydrogen-bond donors (Lipinski definition) is 4. The molecule has 6 heteroatoms. The molecule has 0 bridgehead atoms. The number of aromatic amines is 1. The molecule has 2 aromatic heterocycles. The Morgan fingerprint density at radius 1 is 1.43 bits per heavy atom. The second-order valence-electron chi connectivity index (χ2n) is 7.98. The van der Waals surface area contributed by atoms with Gasteiger partial charge in [0.25, 0.3) is 0 Å². The number of nitrogens with zero attached hydrogens (tertiary/aromatic N) is 1. The van der Waals surface area contributed by atoms with E-state index >= 15 is 0 Å². The standard InChI is InChI=1S/C22H29N5O/c1-5-15-9-16(17(11-23)12-24)13-25-21(15)19-6-7-20(26-19)28-18-8-14(2)27-22(3,4)10-18/h5-7,9,11-14,18,23,26-27H,1,8,10,24H2,2-4H3. The first-order valence-corrected chi connectivity index (χ1v) is 9.54. The quantitative estimate of drug-likeness (QED) is 0.571. The average Bonchev–Trinajstić information content (AvgIpc) is 3.09. The molecule has 1 fully saturated rings. The monoisotopic (exact) mass is 379 g/mol. The second-order valence-corrected chi connectivity index (χ2v) is 7.98. The van der Waals surface area contributed by atoms with Crippen molar-refractivity contribution in [1.82, 2.24) is 15.3 Å². The zero-order valence-corrected chi connectivity index (χ0v) is 16.8. The molecule has 3 heterocycles. The summed E-state index contributed by atoms with van der Waals surface area (Å²) in [6, 6.07) is 6.26. The zero-order valence-electron chi connectivity index (χ0n) is 16.8. The van der Waals surface area contributed by atoms with E-state index in [1.807, 2.05) is 18.2 Å². The van der Waals surface area contributed by atoms with Gasteiger partial charge >= 0.3 is 0 Å². The van der Waals surface area contributed by atoms with Crippen LogP contribution in [-0.2, 0) is 0 Å². The number of allylic oxidation sites excluding steroid dienone is 1.